The molecule has 0 aliphatic carbocycles. The third-order valence-corrected chi connectivity index (χ3v) is 4.85. The first kappa shape index (κ1) is 21.3. The minimum atomic E-state index is -0.559. The molecule has 2 aromatic rings. The Bertz CT molecular complexity index is 1050. The smallest absolute Gasteiger partial charge is 0.270 e. The molecule has 3 rings (SSSR count). The third kappa shape index (κ3) is 4.13. The SMILES string of the molecule is CCOc1cccc(N2C(=O)/C(=C/c3cc(OC)c(OC)cc3C)C(=O)NC2=S)c1. The van der Waals surface area contributed by atoms with Crippen LogP contribution in [0.3, 0.4) is 0 Å². The number of rotatable bonds is 6. The van der Waals surface area contributed by atoms with Gasteiger partial charge in [-0.05, 0) is 67.5 Å². The maximum Gasteiger partial charge on any atom is 0.270 e. The number of nitrogens with one attached hydrogen (secondary N) is 1. The maximum atomic E-state index is 13.2. The van der Waals surface area contributed by atoms with Crippen molar-refractivity contribution in [1.29, 1.82) is 0 Å². The van der Waals surface area contributed by atoms with E-state index in [1.165, 1.54) is 18.1 Å². The predicted octanol–water partition coefficient (Wildman–Crippen LogP) is 3.24. The largest absolute Gasteiger partial charge is 0.494 e. The third-order valence-electron chi connectivity index (χ3n) is 4.56. The van der Waals surface area contributed by atoms with Crippen molar-refractivity contribution in [3.63, 3.8) is 0 Å². The van der Waals surface area contributed by atoms with Gasteiger partial charge in [0.2, 0.25) is 0 Å². The summed E-state index contributed by atoms with van der Waals surface area (Å²) >= 11 is 5.26. The number of hydrogen-bond donors (Lipinski definition) is 1. The summed E-state index contributed by atoms with van der Waals surface area (Å²) in [6.07, 6.45) is 1.52. The Morgan fingerprint density at radius 1 is 1.10 bits per heavy atom. The first-order chi connectivity index (χ1) is 14.4. The Balaban J connectivity index is 2.04. The lowest BCUT2D eigenvalue weighted by atomic mass is 10.0. The van der Waals surface area contributed by atoms with E-state index in [9.17, 15) is 9.59 Å². The monoisotopic (exact) mass is 426 g/mol. The molecule has 0 atom stereocenters. The van der Waals surface area contributed by atoms with E-state index in [2.05, 4.69) is 5.32 Å². The lowest BCUT2D eigenvalue weighted by Crippen LogP contribution is -2.54. The van der Waals surface area contributed by atoms with Gasteiger partial charge in [0.1, 0.15) is 11.3 Å². The number of ether oxygens (including phenoxy) is 3. The number of nitrogens with zero attached hydrogens (tertiary/aromatic N) is 1. The van der Waals surface area contributed by atoms with Crippen molar-refractivity contribution in [2.24, 2.45) is 0 Å². The van der Waals surface area contributed by atoms with Crippen molar-refractivity contribution >= 4 is 40.9 Å². The Morgan fingerprint density at radius 2 is 1.80 bits per heavy atom. The van der Waals surface area contributed by atoms with E-state index in [0.717, 1.165) is 5.56 Å². The minimum absolute atomic E-state index is 0.0137. The molecule has 0 saturated carbocycles. The molecule has 0 bridgehead atoms. The fraction of sp³-hybridized carbons (Fsp3) is 0.227. The number of hydrogen-bond acceptors (Lipinski definition) is 6. The molecule has 0 radical (unpaired) electrons. The van der Waals surface area contributed by atoms with Crippen molar-refractivity contribution in [1.82, 2.24) is 5.32 Å². The van der Waals surface area contributed by atoms with Crippen LogP contribution in [0.4, 0.5) is 5.69 Å². The van der Waals surface area contributed by atoms with Gasteiger partial charge in [-0.25, -0.2) is 0 Å². The quantitative estimate of drug-likeness (QED) is 0.434. The van der Waals surface area contributed by atoms with E-state index in [4.69, 9.17) is 26.4 Å². The fourth-order valence-corrected chi connectivity index (χ4v) is 3.36. The van der Waals surface area contributed by atoms with Gasteiger partial charge in [0.25, 0.3) is 11.8 Å². The summed E-state index contributed by atoms with van der Waals surface area (Å²) in [5.41, 5.74) is 1.94. The van der Waals surface area contributed by atoms with Crippen LogP contribution in [0.25, 0.3) is 6.08 Å². The summed E-state index contributed by atoms with van der Waals surface area (Å²) in [6.45, 7) is 4.21. The molecule has 8 heteroatoms. The average Bonchev–Trinajstić information content (AvgIpc) is 2.72. The van der Waals surface area contributed by atoms with E-state index >= 15 is 0 Å². The van der Waals surface area contributed by atoms with Gasteiger partial charge in [-0.2, -0.15) is 0 Å². The highest BCUT2D eigenvalue weighted by Crippen LogP contribution is 2.32. The molecule has 1 saturated heterocycles. The molecular formula is C22H22N2O5S. The molecule has 30 heavy (non-hydrogen) atoms. The highest BCUT2D eigenvalue weighted by molar-refractivity contribution is 7.80. The van der Waals surface area contributed by atoms with Gasteiger partial charge in [-0.15, -0.1) is 0 Å². The van der Waals surface area contributed by atoms with Gasteiger partial charge >= 0.3 is 0 Å². The maximum absolute atomic E-state index is 13.2. The summed E-state index contributed by atoms with van der Waals surface area (Å²) in [6, 6.07) is 10.5. The summed E-state index contributed by atoms with van der Waals surface area (Å²) in [4.78, 5) is 27.1. The highest BCUT2D eigenvalue weighted by Gasteiger charge is 2.34. The molecule has 1 aliphatic rings. The number of amides is 2. The molecule has 2 aromatic carbocycles. The van der Waals surface area contributed by atoms with Gasteiger partial charge in [0, 0.05) is 6.07 Å². The number of thiocarbonyl (C=S) groups is 1. The molecule has 0 unspecified atom stereocenters. The van der Waals surface area contributed by atoms with E-state index in [1.54, 1.807) is 43.5 Å². The van der Waals surface area contributed by atoms with Crippen LogP contribution in [0.2, 0.25) is 0 Å². The Hall–Kier alpha value is -3.39. The zero-order valence-corrected chi connectivity index (χ0v) is 18.0. The van der Waals surface area contributed by atoms with Gasteiger partial charge in [-0.1, -0.05) is 6.07 Å². The first-order valence-electron chi connectivity index (χ1n) is 9.26. The molecule has 2 amide bonds. The first-order valence-corrected chi connectivity index (χ1v) is 9.67. The Labute approximate surface area is 180 Å². The van der Waals surface area contributed by atoms with Crippen LogP contribution in [0.15, 0.2) is 42.0 Å². The normalized spacial score (nSPS) is 15.3. The second-order valence-electron chi connectivity index (χ2n) is 6.45. The van der Waals surface area contributed by atoms with Gasteiger partial charge in [0.15, 0.2) is 16.6 Å². The summed E-state index contributed by atoms with van der Waals surface area (Å²) < 4.78 is 16.1. The summed E-state index contributed by atoms with van der Waals surface area (Å²) in [7, 11) is 3.07. The van der Waals surface area contributed by atoms with Gasteiger partial charge < -0.3 is 14.2 Å². The standard InChI is InChI=1S/C22H22N2O5S/c1-5-29-16-8-6-7-15(12-16)24-21(26)17(20(25)23-22(24)30)10-14-11-19(28-4)18(27-3)9-13(14)2/h6-12H,5H2,1-4H3,(H,23,25,30)/b17-10+. The van der Waals surface area contributed by atoms with Crippen molar-refractivity contribution in [2.45, 2.75) is 13.8 Å². The van der Waals surface area contributed by atoms with E-state index < -0.39 is 11.8 Å². The number of methoxy groups -OCH3 is 2. The van der Waals surface area contributed by atoms with Crippen molar-refractivity contribution in [3.8, 4) is 17.2 Å². The highest BCUT2D eigenvalue weighted by atomic mass is 32.1. The molecule has 156 valence electrons. The van der Waals surface area contributed by atoms with Crippen LogP contribution in [0.5, 0.6) is 17.2 Å². The molecular weight excluding hydrogens is 404 g/mol. The molecule has 1 N–H and O–H groups in total. The molecule has 0 spiro atoms. The fourth-order valence-electron chi connectivity index (χ4n) is 3.08. The minimum Gasteiger partial charge on any atom is -0.494 e. The van der Waals surface area contributed by atoms with E-state index in [0.29, 0.717) is 35.1 Å². The van der Waals surface area contributed by atoms with Crippen LogP contribution < -0.4 is 24.4 Å². The van der Waals surface area contributed by atoms with Crippen molar-refractivity contribution in [3.05, 3.63) is 53.1 Å². The zero-order chi connectivity index (χ0) is 21.8. The lowest BCUT2D eigenvalue weighted by molar-refractivity contribution is -0.122. The topological polar surface area (TPSA) is 77.1 Å². The van der Waals surface area contributed by atoms with Crippen LogP contribution in [0.1, 0.15) is 18.1 Å². The number of aryl methyl sites for hydroxylation is 1. The van der Waals surface area contributed by atoms with Crippen LogP contribution in [-0.4, -0.2) is 37.8 Å². The second kappa shape index (κ2) is 8.96. The average molecular weight is 426 g/mol. The number of anilines is 1. The number of benzene rings is 2. The molecule has 1 fully saturated rings. The molecule has 1 aliphatic heterocycles. The van der Waals surface area contributed by atoms with Crippen LogP contribution in [0, 0.1) is 6.92 Å². The zero-order valence-electron chi connectivity index (χ0n) is 17.1. The van der Waals surface area contributed by atoms with E-state index in [-0.39, 0.29) is 10.7 Å². The molecule has 1 heterocycles. The van der Waals surface area contributed by atoms with E-state index in [1.807, 2.05) is 13.8 Å². The lowest BCUT2D eigenvalue weighted by Gasteiger charge is -2.29. The predicted molar refractivity (Wildman–Crippen MR) is 118 cm³/mol. The Kier molecular flexibility index (Phi) is 6.37. The van der Waals surface area contributed by atoms with Crippen molar-refractivity contribution in [2.75, 3.05) is 25.7 Å². The number of carbonyl (C=O) groups excluding carboxylic acids is 2. The van der Waals surface area contributed by atoms with Gasteiger partial charge in [0.05, 0.1) is 26.5 Å². The van der Waals surface area contributed by atoms with Crippen molar-refractivity contribution < 1.29 is 23.8 Å². The molecule has 7 nitrogen and oxygen atoms in total. The van der Waals surface area contributed by atoms with Crippen LogP contribution >= 0.6 is 12.2 Å². The summed E-state index contributed by atoms with van der Waals surface area (Å²) in [5.74, 6) is 0.578. The summed E-state index contributed by atoms with van der Waals surface area (Å²) in [5, 5.41) is 2.60. The van der Waals surface area contributed by atoms with Crippen LogP contribution in [-0.2, 0) is 9.59 Å². The number of carbonyl (C=O) groups is 2. The Morgan fingerprint density at radius 3 is 2.47 bits per heavy atom. The van der Waals surface area contributed by atoms with Gasteiger partial charge in [-0.3, -0.25) is 19.8 Å². The molecule has 0 aromatic heterocycles. The second-order valence-corrected chi connectivity index (χ2v) is 6.84.